The van der Waals surface area contributed by atoms with E-state index in [4.69, 9.17) is 0 Å². The van der Waals surface area contributed by atoms with E-state index in [1.54, 1.807) is 0 Å². The van der Waals surface area contributed by atoms with Crippen LogP contribution in [0, 0.1) is 6.92 Å². The molecule has 0 aromatic heterocycles. The van der Waals surface area contributed by atoms with Crippen LogP contribution in [0.15, 0.2) is 24.3 Å². The zero-order chi connectivity index (χ0) is 18.4. The van der Waals surface area contributed by atoms with Crippen LogP contribution in [0.25, 0.3) is 0 Å². The summed E-state index contributed by atoms with van der Waals surface area (Å²) in [6.45, 7) is 6.10. The molecule has 2 N–H and O–H groups in total. The van der Waals surface area contributed by atoms with Crippen LogP contribution in [0.3, 0.4) is 0 Å². The van der Waals surface area contributed by atoms with E-state index in [0.717, 1.165) is 44.3 Å². The summed E-state index contributed by atoms with van der Waals surface area (Å²) in [6.07, 6.45) is 6.76. The van der Waals surface area contributed by atoms with Crippen molar-refractivity contribution in [3.05, 3.63) is 29.8 Å². The van der Waals surface area contributed by atoms with Gasteiger partial charge in [-0.25, -0.2) is 9.59 Å². The molecule has 2 fully saturated rings. The van der Waals surface area contributed by atoms with Crippen LogP contribution in [0.2, 0.25) is 0 Å². The Labute approximate surface area is 155 Å². The van der Waals surface area contributed by atoms with Crippen molar-refractivity contribution in [1.29, 1.82) is 0 Å². The van der Waals surface area contributed by atoms with Crippen LogP contribution >= 0.6 is 0 Å². The minimum atomic E-state index is -0.468. The highest BCUT2D eigenvalue weighted by atomic mass is 16.2. The second kappa shape index (κ2) is 9.03. The van der Waals surface area contributed by atoms with Gasteiger partial charge < -0.3 is 15.1 Å². The summed E-state index contributed by atoms with van der Waals surface area (Å²) in [7, 11) is 0. The zero-order valence-electron chi connectivity index (χ0n) is 15.7. The van der Waals surface area contributed by atoms with Crippen LogP contribution in [0.1, 0.15) is 44.1 Å². The van der Waals surface area contributed by atoms with Gasteiger partial charge in [-0.05, 0) is 76.2 Å². The SMILES string of the molecule is Cc1cccc(NC(=O)NC(=O)N2CCCCC2CCN2CCCC2)c1. The van der Waals surface area contributed by atoms with Gasteiger partial charge in [0, 0.05) is 24.8 Å². The predicted octanol–water partition coefficient (Wildman–Crippen LogP) is 3.58. The van der Waals surface area contributed by atoms with E-state index < -0.39 is 6.03 Å². The van der Waals surface area contributed by atoms with Gasteiger partial charge in [0.05, 0.1) is 0 Å². The standard InChI is InChI=1S/C20H30N4O2/c1-16-7-6-8-17(15-16)21-19(25)22-20(26)24-13-3-2-9-18(24)10-14-23-11-4-5-12-23/h6-8,15,18H,2-5,9-14H2,1H3,(H2,21,22,25,26). The molecule has 142 valence electrons. The van der Waals surface area contributed by atoms with E-state index in [0.29, 0.717) is 5.69 Å². The van der Waals surface area contributed by atoms with E-state index in [9.17, 15) is 9.59 Å². The number of nitrogens with zero attached hydrogens (tertiary/aromatic N) is 2. The molecule has 0 bridgehead atoms. The molecule has 2 saturated heterocycles. The molecule has 0 radical (unpaired) electrons. The van der Waals surface area contributed by atoms with Crippen LogP contribution in [0.5, 0.6) is 0 Å². The Morgan fingerprint density at radius 2 is 1.88 bits per heavy atom. The number of piperidine rings is 1. The maximum Gasteiger partial charge on any atom is 0.327 e. The number of aryl methyl sites for hydroxylation is 1. The van der Waals surface area contributed by atoms with Gasteiger partial charge in [0.1, 0.15) is 0 Å². The van der Waals surface area contributed by atoms with Crippen molar-refractivity contribution < 1.29 is 9.59 Å². The van der Waals surface area contributed by atoms with E-state index in [1.165, 1.54) is 25.9 Å². The van der Waals surface area contributed by atoms with Crippen LogP contribution in [-0.4, -0.2) is 54.1 Å². The van der Waals surface area contributed by atoms with Gasteiger partial charge in [0.2, 0.25) is 0 Å². The first-order chi connectivity index (χ1) is 12.6. The van der Waals surface area contributed by atoms with Crippen molar-refractivity contribution in [2.24, 2.45) is 0 Å². The second-order valence-electron chi connectivity index (χ2n) is 7.43. The van der Waals surface area contributed by atoms with Crippen molar-refractivity contribution in [3.63, 3.8) is 0 Å². The number of hydrogen-bond donors (Lipinski definition) is 2. The summed E-state index contributed by atoms with van der Waals surface area (Å²) in [5.74, 6) is 0. The minimum Gasteiger partial charge on any atom is -0.321 e. The third kappa shape index (κ3) is 5.21. The van der Waals surface area contributed by atoms with Crippen molar-refractivity contribution in [2.75, 3.05) is 31.5 Å². The number of nitrogens with one attached hydrogen (secondary N) is 2. The molecule has 1 atom stereocenters. The maximum absolute atomic E-state index is 12.6. The fraction of sp³-hybridized carbons (Fsp3) is 0.600. The average molecular weight is 358 g/mol. The number of likely N-dealkylation sites (tertiary alicyclic amines) is 2. The van der Waals surface area contributed by atoms with E-state index in [-0.39, 0.29) is 12.1 Å². The number of rotatable bonds is 4. The Hall–Kier alpha value is -2.08. The van der Waals surface area contributed by atoms with Gasteiger partial charge in [-0.2, -0.15) is 0 Å². The summed E-state index contributed by atoms with van der Waals surface area (Å²) in [4.78, 5) is 29.1. The van der Waals surface area contributed by atoms with Crippen molar-refractivity contribution in [2.45, 2.75) is 51.5 Å². The van der Waals surface area contributed by atoms with Crippen LogP contribution in [0.4, 0.5) is 15.3 Å². The van der Waals surface area contributed by atoms with Gasteiger partial charge in [0.15, 0.2) is 0 Å². The Bertz CT molecular complexity index is 628. The molecule has 1 aromatic rings. The molecule has 2 aliphatic heterocycles. The number of imide groups is 1. The molecule has 3 rings (SSSR count). The Kier molecular flexibility index (Phi) is 6.50. The lowest BCUT2D eigenvalue weighted by Crippen LogP contribution is -2.51. The Morgan fingerprint density at radius 1 is 1.12 bits per heavy atom. The number of hydrogen-bond acceptors (Lipinski definition) is 3. The average Bonchev–Trinajstić information content (AvgIpc) is 3.13. The van der Waals surface area contributed by atoms with Gasteiger partial charge in [-0.3, -0.25) is 5.32 Å². The Morgan fingerprint density at radius 3 is 2.65 bits per heavy atom. The summed E-state index contributed by atoms with van der Waals surface area (Å²) in [5, 5.41) is 5.24. The molecule has 0 spiro atoms. The van der Waals surface area contributed by atoms with Crippen LogP contribution < -0.4 is 10.6 Å². The highest BCUT2D eigenvalue weighted by Gasteiger charge is 2.28. The zero-order valence-corrected chi connectivity index (χ0v) is 15.7. The molecule has 0 aliphatic carbocycles. The lowest BCUT2D eigenvalue weighted by Gasteiger charge is -2.36. The molecule has 1 unspecified atom stereocenters. The molecule has 2 aliphatic rings. The fourth-order valence-electron chi connectivity index (χ4n) is 3.96. The normalized spacial score (nSPS) is 20.8. The number of amides is 4. The first-order valence-electron chi connectivity index (χ1n) is 9.79. The molecule has 0 saturated carbocycles. The fourth-order valence-corrected chi connectivity index (χ4v) is 3.96. The summed E-state index contributed by atoms with van der Waals surface area (Å²) >= 11 is 0. The van der Waals surface area contributed by atoms with Gasteiger partial charge in [0.25, 0.3) is 0 Å². The largest absolute Gasteiger partial charge is 0.327 e. The van der Waals surface area contributed by atoms with Crippen LogP contribution in [-0.2, 0) is 0 Å². The van der Waals surface area contributed by atoms with E-state index in [2.05, 4.69) is 15.5 Å². The number of carbonyl (C=O) groups is 2. The van der Waals surface area contributed by atoms with Gasteiger partial charge in [-0.1, -0.05) is 12.1 Å². The number of benzene rings is 1. The highest BCUT2D eigenvalue weighted by molar-refractivity contribution is 6.00. The highest BCUT2D eigenvalue weighted by Crippen LogP contribution is 2.21. The van der Waals surface area contributed by atoms with Gasteiger partial charge >= 0.3 is 12.1 Å². The van der Waals surface area contributed by atoms with E-state index >= 15 is 0 Å². The minimum absolute atomic E-state index is 0.233. The molecular weight excluding hydrogens is 328 g/mol. The maximum atomic E-state index is 12.6. The lowest BCUT2D eigenvalue weighted by molar-refractivity contribution is 0.140. The summed E-state index contributed by atoms with van der Waals surface area (Å²) in [5.41, 5.74) is 1.76. The monoisotopic (exact) mass is 358 g/mol. The van der Waals surface area contributed by atoms with Gasteiger partial charge in [-0.15, -0.1) is 0 Å². The lowest BCUT2D eigenvalue weighted by atomic mass is 9.99. The molecule has 26 heavy (non-hydrogen) atoms. The third-order valence-corrected chi connectivity index (χ3v) is 5.36. The Balaban J connectivity index is 1.51. The quantitative estimate of drug-likeness (QED) is 0.865. The number of anilines is 1. The van der Waals surface area contributed by atoms with Crippen molar-refractivity contribution in [3.8, 4) is 0 Å². The molecule has 4 amide bonds. The van der Waals surface area contributed by atoms with E-state index in [1.807, 2.05) is 36.1 Å². The smallest absolute Gasteiger partial charge is 0.321 e. The third-order valence-electron chi connectivity index (χ3n) is 5.36. The summed E-state index contributed by atoms with van der Waals surface area (Å²) < 4.78 is 0. The first kappa shape index (κ1) is 18.7. The first-order valence-corrected chi connectivity index (χ1v) is 9.79. The number of carbonyl (C=O) groups excluding carboxylic acids is 2. The molecule has 6 nitrogen and oxygen atoms in total. The number of urea groups is 2. The molecule has 1 aromatic carbocycles. The summed E-state index contributed by atoms with van der Waals surface area (Å²) in [6, 6.07) is 7.03. The molecule has 2 heterocycles. The predicted molar refractivity (Wildman–Crippen MR) is 103 cm³/mol. The van der Waals surface area contributed by atoms with Crippen molar-refractivity contribution >= 4 is 17.7 Å². The second-order valence-corrected chi connectivity index (χ2v) is 7.43. The molecular formula is C20H30N4O2. The van der Waals surface area contributed by atoms with Crippen molar-refractivity contribution in [1.82, 2.24) is 15.1 Å². The topological polar surface area (TPSA) is 64.7 Å². The molecule has 6 heteroatoms.